The summed E-state index contributed by atoms with van der Waals surface area (Å²) in [5.41, 5.74) is 2.72. The highest BCUT2D eigenvalue weighted by molar-refractivity contribution is 7.22. The highest BCUT2D eigenvalue weighted by Crippen LogP contribution is 2.33. The number of hydrogen-bond donors (Lipinski definition) is 2. The summed E-state index contributed by atoms with van der Waals surface area (Å²) >= 11 is 1.59. The van der Waals surface area contributed by atoms with Gasteiger partial charge >= 0.3 is 0 Å². The summed E-state index contributed by atoms with van der Waals surface area (Å²) in [7, 11) is 4.32. The van der Waals surface area contributed by atoms with Gasteiger partial charge in [0.05, 0.1) is 28.1 Å². The number of benzene rings is 1. The lowest BCUT2D eigenvalue weighted by Crippen LogP contribution is -2.42. The Morgan fingerprint density at radius 3 is 2.56 bits per heavy atom. The molecule has 8 nitrogen and oxygen atoms in total. The first-order valence-electron chi connectivity index (χ1n) is 13.9. The van der Waals surface area contributed by atoms with Crippen molar-refractivity contribution >= 4 is 32.5 Å². The van der Waals surface area contributed by atoms with E-state index in [1.54, 1.807) is 17.5 Å². The number of fused-ring (bicyclic) bond motifs is 1. The second-order valence-electron chi connectivity index (χ2n) is 10.8. The lowest BCUT2D eigenvalue weighted by molar-refractivity contribution is 0.116. The van der Waals surface area contributed by atoms with Crippen LogP contribution in [0.15, 0.2) is 54.9 Å². The van der Waals surface area contributed by atoms with Crippen molar-refractivity contribution in [1.29, 1.82) is 0 Å². The van der Waals surface area contributed by atoms with Gasteiger partial charge in [0.1, 0.15) is 17.3 Å². The molecule has 1 aliphatic carbocycles. The number of aliphatic hydroxyl groups is 1. The van der Waals surface area contributed by atoms with Crippen molar-refractivity contribution in [1.82, 2.24) is 19.9 Å². The fourth-order valence-corrected chi connectivity index (χ4v) is 6.53. The Kier molecular flexibility index (Phi) is 7.63. The molecule has 0 spiro atoms. The minimum absolute atomic E-state index is 0.0733. The largest absolute Gasteiger partial charge is 0.457 e. The fraction of sp³-hybridized carbons (Fsp3) is 0.433. The summed E-state index contributed by atoms with van der Waals surface area (Å²) in [6, 6.07) is 14.7. The molecule has 2 atom stereocenters. The number of rotatable bonds is 7. The molecule has 2 fully saturated rings. The number of hydrogen-bond acceptors (Lipinski definition) is 9. The molecule has 2 aliphatic rings. The van der Waals surface area contributed by atoms with Crippen molar-refractivity contribution in [3.05, 3.63) is 54.9 Å². The van der Waals surface area contributed by atoms with Gasteiger partial charge in [-0.1, -0.05) is 24.2 Å². The molecule has 1 aromatic carbocycles. The Hall–Kier alpha value is -3.27. The zero-order valence-corrected chi connectivity index (χ0v) is 23.4. The minimum atomic E-state index is -0.308. The number of pyridine rings is 2. The topological polar surface area (TPSA) is 86.6 Å². The molecule has 1 saturated heterocycles. The number of ether oxygens (including phenoxy) is 1. The van der Waals surface area contributed by atoms with Crippen LogP contribution in [0, 0.1) is 0 Å². The normalized spacial score (nSPS) is 20.5. The van der Waals surface area contributed by atoms with Crippen LogP contribution < -0.4 is 15.0 Å². The van der Waals surface area contributed by atoms with Gasteiger partial charge in [0.2, 0.25) is 0 Å². The number of aliphatic hydroxyl groups excluding tert-OH is 1. The highest BCUT2D eigenvalue weighted by atomic mass is 32.1. The van der Waals surface area contributed by atoms with E-state index in [1.807, 2.05) is 36.5 Å². The van der Waals surface area contributed by atoms with Crippen molar-refractivity contribution in [3.63, 3.8) is 0 Å². The molecule has 3 aromatic heterocycles. The maximum Gasteiger partial charge on any atom is 0.184 e. The quantitative estimate of drug-likeness (QED) is 0.302. The molecule has 0 unspecified atom stereocenters. The number of anilines is 2. The van der Waals surface area contributed by atoms with Crippen LogP contribution in [0.4, 0.5) is 10.9 Å². The first kappa shape index (κ1) is 26.0. The molecule has 204 valence electrons. The van der Waals surface area contributed by atoms with E-state index in [1.165, 1.54) is 0 Å². The molecule has 1 saturated carbocycles. The summed E-state index contributed by atoms with van der Waals surface area (Å²) in [5, 5.41) is 14.6. The van der Waals surface area contributed by atoms with Gasteiger partial charge in [-0.3, -0.25) is 4.98 Å². The van der Waals surface area contributed by atoms with E-state index in [0.717, 1.165) is 95.5 Å². The number of nitrogens with one attached hydrogen (secondary N) is 1. The maximum absolute atomic E-state index is 10.3. The van der Waals surface area contributed by atoms with E-state index in [9.17, 15) is 5.11 Å². The monoisotopic (exact) mass is 544 g/mol. The average Bonchev–Trinajstić information content (AvgIpc) is 3.36. The second kappa shape index (κ2) is 11.5. The first-order chi connectivity index (χ1) is 19.0. The molecule has 0 radical (unpaired) electrons. The second-order valence-corrected chi connectivity index (χ2v) is 11.8. The summed E-state index contributed by atoms with van der Waals surface area (Å²) in [6.07, 6.45) is 9.74. The van der Waals surface area contributed by atoms with Gasteiger partial charge in [0, 0.05) is 49.2 Å². The molecular formula is C30H36N6O2S. The van der Waals surface area contributed by atoms with Crippen LogP contribution in [0.5, 0.6) is 11.5 Å². The van der Waals surface area contributed by atoms with Crippen molar-refractivity contribution < 1.29 is 9.84 Å². The van der Waals surface area contributed by atoms with Gasteiger partial charge in [0.15, 0.2) is 5.13 Å². The van der Waals surface area contributed by atoms with E-state index in [4.69, 9.17) is 14.7 Å². The third kappa shape index (κ3) is 6.00. The lowest BCUT2D eigenvalue weighted by atomic mass is 9.93. The molecule has 1 aliphatic heterocycles. The van der Waals surface area contributed by atoms with Gasteiger partial charge in [-0.2, -0.15) is 0 Å². The lowest BCUT2D eigenvalue weighted by Gasteiger charge is -2.35. The van der Waals surface area contributed by atoms with Gasteiger partial charge in [-0.15, -0.1) is 0 Å². The van der Waals surface area contributed by atoms with Gasteiger partial charge in [0.25, 0.3) is 0 Å². The van der Waals surface area contributed by atoms with Crippen LogP contribution >= 0.6 is 11.3 Å². The number of piperidine rings is 1. The van der Waals surface area contributed by atoms with E-state index in [2.05, 4.69) is 46.3 Å². The highest BCUT2D eigenvalue weighted by Gasteiger charge is 2.24. The van der Waals surface area contributed by atoms with Gasteiger partial charge < -0.3 is 25.0 Å². The molecule has 9 heteroatoms. The molecule has 0 amide bonds. The third-order valence-corrected chi connectivity index (χ3v) is 8.88. The molecule has 4 aromatic rings. The van der Waals surface area contributed by atoms with E-state index in [-0.39, 0.29) is 12.1 Å². The van der Waals surface area contributed by atoms with Crippen LogP contribution in [0.3, 0.4) is 0 Å². The average molecular weight is 545 g/mol. The van der Waals surface area contributed by atoms with Crippen molar-refractivity contribution in [2.24, 2.45) is 0 Å². The molecule has 0 bridgehead atoms. The van der Waals surface area contributed by atoms with Crippen LogP contribution in [-0.4, -0.2) is 70.3 Å². The number of nitrogens with zero attached hydrogens (tertiary/aromatic N) is 5. The van der Waals surface area contributed by atoms with Crippen molar-refractivity contribution in [2.75, 3.05) is 37.4 Å². The summed E-state index contributed by atoms with van der Waals surface area (Å²) < 4.78 is 7.26. The van der Waals surface area contributed by atoms with E-state index < -0.39 is 0 Å². The predicted octanol–water partition coefficient (Wildman–Crippen LogP) is 5.79. The maximum atomic E-state index is 10.3. The Morgan fingerprint density at radius 1 is 0.974 bits per heavy atom. The molecule has 2 N–H and O–H groups in total. The van der Waals surface area contributed by atoms with Crippen molar-refractivity contribution in [2.45, 2.75) is 56.7 Å². The number of thiazole rings is 1. The molecular weight excluding hydrogens is 508 g/mol. The predicted molar refractivity (Wildman–Crippen MR) is 158 cm³/mol. The minimum Gasteiger partial charge on any atom is -0.457 e. The summed E-state index contributed by atoms with van der Waals surface area (Å²) in [5.74, 6) is 2.50. The Morgan fingerprint density at radius 2 is 1.79 bits per heavy atom. The zero-order chi connectivity index (χ0) is 26.8. The van der Waals surface area contributed by atoms with Gasteiger partial charge in [-0.25, -0.2) is 9.97 Å². The fourth-order valence-electron chi connectivity index (χ4n) is 5.57. The van der Waals surface area contributed by atoms with Crippen LogP contribution in [0.2, 0.25) is 0 Å². The SMILES string of the molecule is CN(C)C1CCN(c2ccc(-c3cc(Oc4ccc5nc(N[C@@H]6CCCC[C@H]6O)sc5c4)ccn3)cn2)CC1. The molecule has 6 rings (SSSR count). The number of aromatic nitrogens is 3. The van der Waals surface area contributed by atoms with Crippen LogP contribution in [0.25, 0.3) is 21.5 Å². The summed E-state index contributed by atoms with van der Waals surface area (Å²) in [6.45, 7) is 2.06. The Bertz CT molecular complexity index is 1400. The Labute approximate surface area is 233 Å². The van der Waals surface area contributed by atoms with Crippen LogP contribution in [0.1, 0.15) is 38.5 Å². The molecule has 4 heterocycles. The van der Waals surface area contributed by atoms with Crippen molar-refractivity contribution in [3.8, 4) is 22.8 Å². The van der Waals surface area contributed by atoms with E-state index in [0.29, 0.717) is 6.04 Å². The smallest absolute Gasteiger partial charge is 0.184 e. The van der Waals surface area contributed by atoms with Gasteiger partial charge in [-0.05, 0) is 70.1 Å². The van der Waals surface area contributed by atoms with Crippen LogP contribution in [-0.2, 0) is 0 Å². The standard InChI is InChI=1S/C30H36N6O2S/c1-35(2)21-12-15-36(16-13-21)29-10-7-20(19-32-29)26-17-23(11-14-31-26)38-22-8-9-25-28(18-22)39-30(34-25)33-24-5-3-4-6-27(24)37/h7-11,14,17-19,21,24,27,37H,3-6,12-13,15-16H2,1-2H3,(H,33,34)/t24-,27-/m1/s1. The first-order valence-corrected chi connectivity index (χ1v) is 14.7. The third-order valence-electron chi connectivity index (χ3n) is 7.93. The summed E-state index contributed by atoms with van der Waals surface area (Å²) in [4.78, 5) is 18.7. The molecule has 39 heavy (non-hydrogen) atoms. The zero-order valence-electron chi connectivity index (χ0n) is 22.6. The van der Waals surface area contributed by atoms with E-state index >= 15 is 0 Å². The Balaban J connectivity index is 1.12.